The molecule has 0 saturated heterocycles. The minimum Gasteiger partial charge on any atom is -0.456 e. The molecule has 0 saturated carbocycles. The van der Waals surface area contributed by atoms with Crippen LogP contribution in [0.3, 0.4) is 0 Å². The smallest absolute Gasteiger partial charge is 0.143 e. The van der Waals surface area contributed by atoms with Gasteiger partial charge in [-0.1, -0.05) is 127 Å². The van der Waals surface area contributed by atoms with E-state index in [1.54, 1.807) is 0 Å². The van der Waals surface area contributed by atoms with Crippen LogP contribution < -0.4 is 4.90 Å². The number of thiophene rings is 1. The number of para-hydroxylation sites is 5. The van der Waals surface area contributed by atoms with E-state index < -0.39 is 0 Å². The Kier molecular flexibility index (Phi) is 7.82. The number of furan rings is 2. The molecule has 14 aromatic rings. The van der Waals surface area contributed by atoms with Crippen molar-refractivity contribution in [3.8, 4) is 27.9 Å². The fourth-order valence-electron chi connectivity index (χ4n) is 10.3. The highest BCUT2D eigenvalue weighted by Gasteiger charge is 2.24. The highest BCUT2D eigenvalue weighted by molar-refractivity contribution is 7.25. The largest absolute Gasteiger partial charge is 0.456 e. The second kappa shape index (κ2) is 14.1. The second-order valence-corrected chi connectivity index (χ2v) is 17.9. The van der Waals surface area contributed by atoms with Gasteiger partial charge in [-0.05, 0) is 96.1 Å². The molecule has 0 radical (unpaired) electrons. The molecule has 10 aromatic carbocycles. The van der Waals surface area contributed by atoms with Gasteiger partial charge in [0.05, 0.1) is 16.7 Å². The van der Waals surface area contributed by atoms with Crippen LogP contribution >= 0.6 is 11.3 Å². The third kappa shape index (κ3) is 5.56. The Balaban J connectivity index is 1.03. The third-order valence-electron chi connectivity index (χ3n) is 13.2. The summed E-state index contributed by atoms with van der Waals surface area (Å²) in [6, 6.07) is 78.6. The molecule has 65 heavy (non-hydrogen) atoms. The summed E-state index contributed by atoms with van der Waals surface area (Å²) in [6.07, 6.45) is 0. The van der Waals surface area contributed by atoms with Gasteiger partial charge in [0.15, 0.2) is 0 Å². The maximum atomic E-state index is 6.87. The molecule has 304 valence electrons. The van der Waals surface area contributed by atoms with Crippen molar-refractivity contribution in [3.63, 3.8) is 0 Å². The number of aromatic nitrogens is 1. The summed E-state index contributed by atoms with van der Waals surface area (Å²) < 4.78 is 18.4. The lowest BCUT2D eigenvalue weighted by Crippen LogP contribution is -2.11. The molecule has 5 heteroatoms. The van der Waals surface area contributed by atoms with Crippen molar-refractivity contribution in [2.24, 2.45) is 0 Å². The number of rotatable bonds is 6. The van der Waals surface area contributed by atoms with Gasteiger partial charge in [0.1, 0.15) is 22.3 Å². The van der Waals surface area contributed by atoms with Crippen molar-refractivity contribution >= 4 is 114 Å². The lowest BCUT2D eigenvalue weighted by atomic mass is 9.97. The number of hydrogen-bond acceptors (Lipinski definition) is 4. The fraction of sp³-hybridized carbons (Fsp3) is 0. The average Bonchev–Trinajstić information content (AvgIpc) is 4.13. The summed E-state index contributed by atoms with van der Waals surface area (Å²) in [5, 5.41) is 9.33. The van der Waals surface area contributed by atoms with E-state index in [1.165, 1.54) is 42.0 Å². The van der Waals surface area contributed by atoms with Gasteiger partial charge < -0.3 is 18.3 Å². The highest BCUT2D eigenvalue weighted by atomic mass is 32.1. The zero-order chi connectivity index (χ0) is 42.6. The van der Waals surface area contributed by atoms with E-state index in [2.05, 4.69) is 210 Å². The molecule has 0 N–H and O–H groups in total. The molecule has 0 amide bonds. The van der Waals surface area contributed by atoms with Crippen LogP contribution in [0.15, 0.2) is 227 Å². The SMILES string of the molecule is c1cc(-c2cc(N(c3ccc4c(c3)oc3ccccc34)c3ccccc3-c3ccc4sc5ccccc5c4c3)cc3c2oc2ccccc23)cc(-n2c3ccccc3c3ccccc32)c1. The topological polar surface area (TPSA) is 34.5 Å². The quantitative estimate of drug-likeness (QED) is 0.167. The minimum atomic E-state index is 0.839. The predicted molar refractivity (Wildman–Crippen MR) is 274 cm³/mol. The minimum absolute atomic E-state index is 0.839. The molecule has 14 rings (SSSR count). The maximum absolute atomic E-state index is 6.87. The molecule has 4 aromatic heterocycles. The van der Waals surface area contributed by atoms with Gasteiger partial charge in [0, 0.05) is 86.7 Å². The lowest BCUT2D eigenvalue weighted by Gasteiger charge is -2.28. The summed E-state index contributed by atoms with van der Waals surface area (Å²) in [4.78, 5) is 2.40. The molecule has 0 bridgehead atoms. The van der Waals surface area contributed by atoms with Crippen LogP contribution in [0.25, 0.3) is 114 Å². The van der Waals surface area contributed by atoms with Crippen molar-refractivity contribution in [2.75, 3.05) is 4.90 Å². The van der Waals surface area contributed by atoms with E-state index in [0.29, 0.717) is 0 Å². The van der Waals surface area contributed by atoms with E-state index in [9.17, 15) is 0 Å². The number of anilines is 3. The van der Waals surface area contributed by atoms with E-state index in [0.717, 1.165) is 88.9 Å². The van der Waals surface area contributed by atoms with Gasteiger partial charge in [-0.25, -0.2) is 0 Å². The van der Waals surface area contributed by atoms with E-state index >= 15 is 0 Å². The molecule has 0 atom stereocenters. The van der Waals surface area contributed by atoms with Gasteiger partial charge in [-0.15, -0.1) is 11.3 Å². The third-order valence-corrected chi connectivity index (χ3v) is 14.3. The number of fused-ring (bicyclic) bond motifs is 12. The molecular formula is C60H36N2O2S. The number of hydrogen-bond donors (Lipinski definition) is 0. The molecule has 4 heterocycles. The first-order valence-corrected chi connectivity index (χ1v) is 22.8. The first-order valence-electron chi connectivity index (χ1n) is 22.0. The Morgan fingerprint density at radius 3 is 1.80 bits per heavy atom. The summed E-state index contributed by atoms with van der Waals surface area (Å²) in [5.41, 5.74) is 14.2. The van der Waals surface area contributed by atoms with Gasteiger partial charge in [0.2, 0.25) is 0 Å². The molecule has 0 aliphatic heterocycles. The van der Waals surface area contributed by atoms with Crippen LogP contribution in [0, 0.1) is 0 Å². The number of benzene rings is 10. The van der Waals surface area contributed by atoms with Gasteiger partial charge in [0.25, 0.3) is 0 Å². The Labute approximate surface area is 377 Å². The van der Waals surface area contributed by atoms with Crippen LogP contribution in [0.5, 0.6) is 0 Å². The van der Waals surface area contributed by atoms with Gasteiger partial charge >= 0.3 is 0 Å². The number of nitrogens with zero attached hydrogens (tertiary/aromatic N) is 2. The Morgan fingerprint density at radius 2 is 0.985 bits per heavy atom. The summed E-state index contributed by atoms with van der Waals surface area (Å²) in [6.45, 7) is 0. The standard InChI is InChI=1S/C60H36N2O2S/c1-7-22-52(42(16-1)38-28-31-59-50(33-38)48-21-6-12-27-58(48)65-59)61(40-29-30-47-45-19-4-10-25-55(45)63-57(47)36-40)41-34-49(60-51(35-41)46-20-5-11-26-56(46)64-60)37-14-13-15-39(32-37)62-53-23-8-2-17-43(53)44-18-3-9-24-54(44)62/h1-36H. The molecule has 0 spiro atoms. The molecular weight excluding hydrogens is 813 g/mol. The highest BCUT2D eigenvalue weighted by Crippen LogP contribution is 2.48. The molecule has 4 nitrogen and oxygen atoms in total. The Morgan fingerprint density at radius 1 is 0.354 bits per heavy atom. The van der Waals surface area contributed by atoms with Crippen LogP contribution in [0.4, 0.5) is 17.1 Å². The van der Waals surface area contributed by atoms with E-state index in [4.69, 9.17) is 8.83 Å². The van der Waals surface area contributed by atoms with Crippen molar-refractivity contribution < 1.29 is 8.83 Å². The normalized spacial score (nSPS) is 12.0. The van der Waals surface area contributed by atoms with Crippen LogP contribution in [-0.4, -0.2) is 4.57 Å². The van der Waals surface area contributed by atoms with Crippen LogP contribution in [0.1, 0.15) is 0 Å². The Bertz CT molecular complexity index is 4170. The van der Waals surface area contributed by atoms with Crippen LogP contribution in [-0.2, 0) is 0 Å². The molecule has 0 aliphatic carbocycles. The van der Waals surface area contributed by atoms with Gasteiger partial charge in [-0.2, -0.15) is 0 Å². The second-order valence-electron chi connectivity index (χ2n) is 16.8. The Hall–Kier alpha value is -8.38. The van der Waals surface area contributed by atoms with Crippen molar-refractivity contribution in [1.82, 2.24) is 4.57 Å². The summed E-state index contributed by atoms with van der Waals surface area (Å²) in [7, 11) is 0. The van der Waals surface area contributed by atoms with Crippen molar-refractivity contribution in [2.45, 2.75) is 0 Å². The lowest BCUT2D eigenvalue weighted by molar-refractivity contribution is 0.668. The zero-order valence-electron chi connectivity index (χ0n) is 34.9. The van der Waals surface area contributed by atoms with Crippen LogP contribution in [0.2, 0.25) is 0 Å². The first kappa shape index (κ1) is 36.1. The van der Waals surface area contributed by atoms with Crippen molar-refractivity contribution in [3.05, 3.63) is 218 Å². The van der Waals surface area contributed by atoms with Gasteiger partial charge in [-0.3, -0.25) is 0 Å². The first-order chi connectivity index (χ1) is 32.2. The monoisotopic (exact) mass is 848 g/mol. The maximum Gasteiger partial charge on any atom is 0.143 e. The molecule has 0 fully saturated rings. The van der Waals surface area contributed by atoms with E-state index in [-0.39, 0.29) is 0 Å². The van der Waals surface area contributed by atoms with Crippen molar-refractivity contribution in [1.29, 1.82) is 0 Å². The summed E-state index contributed by atoms with van der Waals surface area (Å²) >= 11 is 1.84. The van der Waals surface area contributed by atoms with E-state index in [1.807, 2.05) is 29.5 Å². The molecule has 0 aliphatic rings. The average molecular weight is 849 g/mol. The molecule has 0 unspecified atom stereocenters. The predicted octanol–water partition coefficient (Wildman–Crippen LogP) is 17.8. The fourth-order valence-corrected chi connectivity index (χ4v) is 11.3. The zero-order valence-corrected chi connectivity index (χ0v) is 35.7. The summed E-state index contributed by atoms with van der Waals surface area (Å²) in [5.74, 6) is 0.